The molecule has 20 heavy (non-hydrogen) atoms. The standard InChI is InChI=1S/C16H16ClNO2/c17-12-3-1-11(2-4-12)7-8-18-15-10-20-16-9-13(19)5-6-14(15)16/h1-6,9,15,18-19H,7-8,10H2. The van der Waals surface area contributed by atoms with Gasteiger partial charge in [0.25, 0.3) is 0 Å². The molecule has 3 nitrogen and oxygen atoms in total. The van der Waals surface area contributed by atoms with E-state index in [1.807, 2.05) is 30.3 Å². The zero-order chi connectivity index (χ0) is 13.9. The van der Waals surface area contributed by atoms with Crippen LogP contribution in [-0.2, 0) is 6.42 Å². The summed E-state index contributed by atoms with van der Waals surface area (Å²) in [6.45, 7) is 1.48. The van der Waals surface area contributed by atoms with Crippen LogP contribution in [0.25, 0.3) is 0 Å². The van der Waals surface area contributed by atoms with Gasteiger partial charge in [-0.2, -0.15) is 0 Å². The predicted octanol–water partition coefficient (Wildman–Crippen LogP) is 3.31. The Morgan fingerprint density at radius 1 is 1.20 bits per heavy atom. The fourth-order valence-electron chi connectivity index (χ4n) is 2.41. The van der Waals surface area contributed by atoms with E-state index >= 15 is 0 Å². The van der Waals surface area contributed by atoms with Crippen molar-refractivity contribution < 1.29 is 9.84 Å². The summed E-state index contributed by atoms with van der Waals surface area (Å²) in [7, 11) is 0. The molecule has 0 saturated carbocycles. The summed E-state index contributed by atoms with van der Waals surface area (Å²) in [6, 6.07) is 13.4. The number of rotatable bonds is 4. The molecule has 104 valence electrons. The molecule has 2 aromatic rings. The zero-order valence-corrected chi connectivity index (χ0v) is 11.7. The Kier molecular flexibility index (Phi) is 3.81. The lowest BCUT2D eigenvalue weighted by Gasteiger charge is -2.11. The molecule has 0 aromatic heterocycles. The molecule has 1 aliphatic heterocycles. The van der Waals surface area contributed by atoms with Crippen molar-refractivity contribution >= 4 is 11.6 Å². The molecule has 1 heterocycles. The van der Waals surface area contributed by atoms with Gasteiger partial charge in [-0.1, -0.05) is 23.7 Å². The Labute approximate surface area is 123 Å². The number of hydrogen-bond donors (Lipinski definition) is 2. The fourth-order valence-corrected chi connectivity index (χ4v) is 2.54. The van der Waals surface area contributed by atoms with Crippen molar-refractivity contribution in [2.75, 3.05) is 13.2 Å². The maximum absolute atomic E-state index is 9.42. The number of aromatic hydroxyl groups is 1. The SMILES string of the molecule is Oc1ccc2c(c1)OCC2NCCc1ccc(Cl)cc1. The van der Waals surface area contributed by atoms with Gasteiger partial charge in [0, 0.05) is 16.7 Å². The van der Waals surface area contributed by atoms with E-state index < -0.39 is 0 Å². The van der Waals surface area contributed by atoms with E-state index in [2.05, 4.69) is 5.32 Å². The van der Waals surface area contributed by atoms with Gasteiger partial charge in [-0.15, -0.1) is 0 Å². The normalized spacial score (nSPS) is 16.8. The molecule has 0 amide bonds. The number of benzene rings is 2. The second kappa shape index (κ2) is 5.73. The minimum atomic E-state index is 0.193. The topological polar surface area (TPSA) is 41.5 Å². The Balaban J connectivity index is 1.57. The molecule has 0 saturated heterocycles. The van der Waals surface area contributed by atoms with E-state index in [-0.39, 0.29) is 11.8 Å². The number of fused-ring (bicyclic) bond motifs is 1. The second-order valence-corrected chi connectivity index (χ2v) is 5.35. The maximum atomic E-state index is 9.42. The summed E-state index contributed by atoms with van der Waals surface area (Å²) in [5.41, 5.74) is 2.37. The highest BCUT2D eigenvalue weighted by molar-refractivity contribution is 6.30. The molecule has 1 unspecified atom stereocenters. The Morgan fingerprint density at radius 3 is 2.80 bits per heavy atom. The van der Waals surface area contributed by atoms with Crippen LogP contribution < -0.4 is 10.1 Å². The van der Waals surface area contributed by atoms with E-state index in [0.717, 1.165) is 29.3 Å². The van der Waals surface area contributed by atoms with E-state index in [4.69, 9.17) is 16.3 Å². The van der Waals surface area contributed by atoms with Crippen LogP contribution in [-0.4, -0.2) is 18.3 Å². The summed E-state index contributed by atoms with van der Waals surface area (Å²) >= 11 is 5.87. The number of ether oxygens (including phenoxy) is 1. The van der Waals surface area contributed by atoms with Gasteiger partial charge in [-0.05, 0) is 42.8 Å². The summed E-state index contributed by atoms with van der Waals surface area (Å²) in [6.07, 6.45) is 0.946. The molecule has 0 bridgehead atoms. The van der Waals surface area contributed by atoms with Crippen LogP contribution >= 0.6 is 11.6 Å². The fraction of sp³-hybridized carbons (Fsp3) is 0.250. The molecule has 0 radical (unpaired) electrons. The third-order valence-corrected chi connectivity index (χ3v) is 3.75. The Hall–Kier alpha value is -1.71. The summed E-state index contributed by atoms with van der Waals surface area (Å²) in [4.78, 5) is 0. The van der Waals surface area contributed by atoms with Crippen LogP contribution in [0.5, 0.6) is 11.5 Å². The van der Waals surface area contributed by atoms with E-state index in [1.54, 1.807) is 12.1 Å². The first-order valence-corrected chi connectivity index (χ1v) is 7.04. The van der Waals surface area contributed by atoms with E-state index in [1.165, 1.54) is 5.56 Å². The highest BCUT2D eigenvalue weighted by atomic mass is 35.5. The van der Waals surface area contributed by atoms with Gasteiger partial charge >= 0.3 is 0 Å². The highest BCUT2D eigenvalue weighted by Crippen LogP contribution is 2.34. The predicted molar refractivity (Wildman–Crippen MR) is 79.5 cm³/mol. The summed E-state index contributed by atoms with van der Waals surface area (Å²) < 4.78 is 5.57. The monoisotopic (exact) mass is 289 g/mol. The minimum absolute atomic E-state index is 0.193. The molecule has 0 aliphatic carbocycles. The van der Waals surface area contributed by atoms with Gasteiger partial charge in [0.2, 0.25) is 0 Å². The van der Waals surface area contributed by atoms with Crippen LogP contribution in [0, 0.1) is 0 Å². The molecule has 1 atom stereocenters. The van der Waals surface area contributed by atoms with Crippen molar-refractivity contribution in [1.82, 2.24) is 5.32 Å². The van der Waals surface area contributed by atoms with Crippen LogP contribution in [0.1, 0.15) is 17.2 Å². The molecule has 3 rings (SSSR count). The van der Waals surface area contributed by atoms with E-state index in [0.29, 0.717) is 6.61 Å². The number of phenols is 1. The van der Waals surface area contributed by atoms with Crippen molar-refractivity contribution in [1.29, 1.82) is 0 Å². The number of nitrogens with one attached hydrogen (secondary N) is 1. The molecule has 4 heteroatoms. The lowest BCUT2D eigenvalue weighted by Crippen LogP contribution is -2.24. The average molecular weight is 290 g/mol. The van der Waals surface area contributed by atoms with Gasteiger partial charge in [-0.3, -0.25) is 0 Å². The van der Waals surface area contributed by atoms with Gasteiger partial charge in [-0.25, -0.2) is 0 Å². The molecule has 2 N–H and O–H groups in total. The number of phenolic OH excluding ortho intramolecular Hbond substituents is 1. The average Bonchev–Trinajstić information content (AvgIpc) is 2.83. The first-order chi connectivity index (χ1) is 9.72. The van der Waals surface area contributed by atoms with E-state index in [9.17, 15) is 5.11 Å². The number of hydrogen-bond acceptors (Lipinski definition) is 3. The van der Waals surface area contributed by atoms with Crippen LogP contribution in [0.3, 0.4) is 0 Å². The van der Waals surface area contributed by atoms with Gasteiger partial charge in [0.15, 0.2) is 0 Å². The third kappa shape index (κ3) is 2.89. The minimum Gasteiger partial charge on any atom is -0.508 e. The second-order valence-electron chi connectivity index (χ2n) is 4.92. The summed E-state index contributed by atoms with van der Waals surface area (Å²) in [5, 5.41) is 13.7. The van der Waals surface area contributed by atoms with Crippen molar-refractivity contribution in [3.05, 3.63) is 58.6 Å². The van der Waals surface area contributed by atoms with Gasteiger partial charge in [0.1, 0.15) is 18.1 Å². The summed E-state index contributed by atoms with van der Waals surface area (Å²) in [5.74, 6) is 1.01. The Bertz CT molecular complexity index is 598. The quantitative estimate of drug-likeness (QED) is 0.907. The molecular weight excluding hydrogens is 274 g/mol. The van der Waals surface area contributed by atoms with Crippen LogP contribution in [0.15, 0.2) is 42.5 Å². The molecule has 0 spiro atoms. The van der Waals surface area contributed by atoms with Gasteiger partial charge in [0.05, 0.1) is 6.04 Å². The zero-order valence-electron chi connectivity index (χ0n) is 11.0. The smallest absolute Gasteiger partial charge is 0.127 e. The lowest BCUT2D eigenvalue weighted by molar-refractivity contribution is 0.311. The van der Waals surface area contributed by atoms with Crippen molar-refractivity contribution in [2.24, 2.45) is 0 Å². The van der Waals surface area contributed by atoms with Crippen LogP contribution in [0.4, 0.5) is 0 Å². The maximum Gasteiger partial charge on any atom is 0.127 e. The Morgan fingerprint density at radius 2 is 2.00 bits per heavy atom. The first kappa shape index (κ1) is 13.3. The molecule has 1 aliphatic rings. The molecular formula is C16H16ClNO2. The molecule has 0 fully saturated rings. The molecule has 2 aromatic carbocycles. The van der Waals surface area contributed by atoms with Crippen molar-refractivity contribution in [2.45, 2.75) is 12.5 Å². The van der Waals surface area contributed by atoms with Crippen molar-refractivity contribution in [3.63, 3.8) is 0 Å². The van der Waals surface area contributed by atoms with Gasteiger partial charge < -0.3 is 15.2 Å². The van der Waals surface area contributed by atoms with Crippen molar-refractivity contribution in [3.8, 4) is 11.5 Å². The highest BCUT2D eigenvalue weighted by Gasteiger charge is 2.23. The number of halogens is 1. The third-order valence-electron chi connectivity index (χ3n) is 3.50. The largest absolute Gasteiger partial charge is 0.508 e. The first-order valence-electron chi connectivity index (χ1n) is 6.66. The van der Waals surface area contributed by atoms with Crippen LogP contribution in [0.2, 0.25) is 5.02 Å². The lowest BCUT2D eigenvalue weighted by atomic mass is 10.1.